The molecule has 1 unspecified atom stereocenters. The Labute approximate surface area is 142 Å². The van der Waals surface area contributed by atoms with Gasteiger partial charge >= 0.3 is 11.9 Å². The number of ether oxygens (including phenoxy) is 2. The van der Waals surface area contributed by atoms with Gasteiger partial charge in [0.2, 0.25) is 0 Å². The lowest BCUT2D eigenvalue weighted by Gasteiger charge is -2.33. The van der Waals surface area contributed by atoms with E-state index in [0.717, 1.165) is 25.7 Å². The number of amides is 3. The van der Waals surface area contributed by atoms with E-state index in [9.17, 15) is 9.59 Å². The van der Waals surface area contributed by atoms with E-state index in [0.29, 0.717) is 23.8 Å². The fourth-order valence-corrected chi connectivity index (χ4v) is 3.86. The number of fused-ring (bicyclic) bond motifs is 1. The molecule has 1 aliphatic heterocycles. The third-order valence-electron chi connectivity index (χ3n) is 5.11. The van der Waals surface area contributed by atoms with Gasteiger partial charge < -0.3 is 9.47 Å². The predicted octanol–water partition coefficient (Wildman–Crippen LogP) is 2.45. The summed E-state index contributed by atoms with van der Waals surface area (Å²) < 4.78 is 12.4. The highest BCUT2D eigenvalue weighted by molar-refractivity contribution is 6.17. The van der Waals surface area contributed by atoms with Gasteiger partial charge in [-0.3, -0.25) is 0 Å². The molecule has 0 saturated heterocycles. The van der Waals surface area contributed by atoms with E-state index in [1.807, 2.05) is 6.92 Å². The van der Waals surface area contributed by atoms with E-state index >= 15 is 0 Å². The Hall–Kier alpha value is -2.11. The van der Waals surface area contributed by atoms with Crippen molar-refractivity contribution >= 4 is 17.6 Å². The summed E-state index contributed by atoms with van der Waals surface area (Å²) >= 11 is 0. The number of carbonyl (C=O) groups excluding carboxylic acids is 2. The van der Waals surface area contributed by atoms with Gasteiger partial charge in [0.25, 0.3) is 0 Å². The minimum atomic E-state index is -0.488. The van der Waals surface area contributed by atoms with Gasteiger partial charge in [-0.15, -0.1) is 0 Å². The van der Waals surface area contributed by atoms with Gasteiger partial charge in [0.05, 0.1) is 20.8 Å². The van der Waals surface area contributed by atoms with Crippen LogP contribution < -0.4 is 0 Å². The maximum atomic E-state index is 13.1. The normalized spacial score (nSPS) is 25.3. The van der Waals surface area contributed by atoms with Crippen molar-refractivity contribution in [2.24, 2.45) is 5.92 Å². The van der Waals surface area contributed by atoms with Crippen molar-refractivity contribution < 1.29 is 23.6 Å². The maximum absolute atomic E-state index is 13.1. The molecule has 3 rings (SSSR count). The molecule has 0 aromatic heterocycles. The minimum Gasteiger partial charge on any atom is -0.493 e. The van der Waals surface area contributed by atoms with Crippen LogP contribution in [0.15, 0.2) is 23.7 Å². The Morgan fingerprint density at radius 3 is 2.38 bits per heavy atom. The Bertz CT molecular complexity index is 641. The van der Waals surface area contributed by atoms with Crippen LogP contribution in [0.1, 0.15) is 39.0 Å². The predicted molar refractivity (Wildman–Crippen MR) is 88.6 cm³/mol. The minimum absolute atomic E-state index is 0.0153. The number of imide groups is 1. The van der Waals surface area contributed by atoms with E-state index < -0.39 is 5.92 Å². The van der Waals surface area contributed by atoms with Crippen LogP contribution in [0.25, 0.3) is 0 Å². The van der Waals surface area contributed by atoms with E-state index in [1.54, 1.807) is 30.9 Å². The summed E-state index contributed by atoms with van der Waals surface area (Å²) in [5, 5.41) is 0. The number of hydrogen-bond acceptors (Lipinski definition) is 4. The third-order valence-corrected chi connectivity index (χ3v) is 5.11. The van der Waals surface area contributed by atoms with Crippen LogP contribution in [-0.2, 0) is 14.3 Å². The van der Waals surface area contributed by atoms with Crippen molar-refractivity contribution in [1.82, 2.24) is 4.90 Å². The van der Waals surface area contributed by atoms with Crippen molar-refractivity contribution in [1.29, 1.82) is 0 Å². The zero-order chi connectivity index (χ0) is 17.3. The Kier molecular flexibility index (Phi) is 4.73. The zero-order valence-electron chi connectivity index (χ0n) is 14.6. The van der Waals surface area contributed by atoms with Crippen LogP contribution in [0, 0.1) is 5.92 Å². The van der Waals surface area contributed by atoms with E-state index in [-0.39, 0.29) is 18.0 Å². The summed E-state index contributed by atoms with van der Waals surface area (Å²) in [6, 6.07) is -0.192. The van der Waals surface area contributed by atoms with Crippen LogP contribution in [-0.4, -0.2) is 53.9 Å². The molecular weight excluding hydrogens is 308 g/mol. The Morgan fingerprint density at radius 1 is 1.12 bits per heavy atom. The van der Waals surface area contributed by atoms with Crippen molar-refractivity contribution in [3.63, 3.8) is 0 Å². The summed E-state index contributed by atoms with van der Waals surface area (Å²) in [5.41, 5.74) is 0.678. The highest BCUT2D eigenvalue weighted by atomic mass is 16.5. The van der Waals surface area contributed by atoms with Crippen LogP contribution >= 0.6 is 0 Å². The van der Waals surface area contributed by atoms with Crippen LogP contribution in [0.4, 0.5) is 4.79 Å². The molecule has 1 fully saturated rings. The number of urea groups is 1. The van der Waals surface area contributed by atoms with Gasteiger partial charge in [-0.2, -0.15) is 14.3 Å². The maximum Gasteiger partial charge on any atom is 0.501 e. The second kappa shape index (κ2) is 6.79. The number of nitrogens with zero attached hydrogens (tertiary/aromatic N) is 2. The first-order chi connectivity index (χ1) is 11.6. The van der Waals surface area contributed by atoms with Gasteiger partial charge in [0.1, 0.15) is 17.7 Å². The molecule has 1 heterocycles. The lowest BCUT2D eigenvalue weighted by atomic mass is 9.89. The molecule has 0 bridgehead atoms. The second-order valence-corrected chi connectivity index (χ2v) is 6.38. The number of allylic oxidation sites excluding steroid dienone is 1. The van der Waals surface area contributed by atoms with Crippen LogP contribution in [0.3, 0.4) is 0 Å². The lowest BCUT2D eigenvalue weighted by molar-refractivity contribution is -0.436. The number of rotatable bonds is 4. The van der Waals surface area contributed by atoms with Gasteiger partial charge in [-0.25, -0.2) is 4.79 Å². The molecule has 0 aromatic rings. The highest BCUT2D eigenvalue weighted by Crippen LogP contribution is 2.31. The summed E-state index contributed by atoms with van der Waals surface area (Å²) in [5.74, 6) is 0.438. The quantitative estimate of drug-likeness (QED) is 0.742. The van der Waals surface area contributed by atoms with Gasteiger partial charge in [-0.05, 0) is 38.7 Å². The summed E-state index contributed by atoms with van der Waals surface area (Å²) in [4.78, 5) is 27.5. The largest absolute Gasteiger partial charge is 0.501 e. The molecule has 3 aliphatic rings. The number of methoxy groups -OCH3 is 2. The zero-order valence-corrected chi connectivity index (χ0v) is 14.6. The monoisotopic (exact) mass is 333 g/mol. The smallest absolute Gasteiger partial charge is 0.493 e. The van der Waals surface area contributed by atoms with Crippen molar-refractivity contribution in [2.75, 3.05) is 20.8 Å². The molecule has 6 heteroatoms. The van der Waals surface area contributed by atoms with Gasteiger partial charge in [0.15, 0.2) is 11.5 Å². The summed E-state index contributed by atoms with van der Waals surface area (Å²) in [7, 11) is 3.11. The van der Waals surface area contributed by atoms with Crippen molar-refractivity contribution in [3.05, 3.63) is 23.7 Å². The molecule has 1 atom stereocenters. The Morgan fingerprint density at radius 2 is 1.79 bits per heavy atom. The molecule has 0 N–H and O–H groups in total. The van der Waals surface area contributed by atoms with Gasteiger partial charge in [-0.1, -0.05) is 6.42 Å². The lowest BCUT2D eigenvalue weighted by Crippen LogP contribution is -2.58. The molecule has 3 amide bonds. The molecule has 0 aromatic carbocycles. The third kappa shape index (κ3) is 2.64. The average Bonchev–Trinajstić information content (AvgIpc) is 2.62. The van der Waals surface area contributed by atoms with Crippen LogP contribution in [0.2, 0.25) is 0 Å². The van der Waals surface area contributed by atoms with Crippen molar-refractivity contribution in [3.8, 4) is 0 Å². The molecule has 6 nitrogen and oxygen atoms in total. The standard InChI is InChI=1S/C18H25N2O4/c1-4-19-14-11-16(24-3)15(23-2)10-13(14)17(21)20(18(19)22)12-8-6-5-7-9-12/h10-13H,4-9H2,1-3H3/q+1. The molecule has 1 saturated carbocycles. The fraction of sp³-hybridized carbons (Fsp3) is 0.611. The first kappa shape index (κ1) is 16.7. The molecule has 24 heavy (non-hydrogen) atoms. The first-order valence-corrected chi connectivity index (χ1v) is 8.65. The molecule has 130 valence electrons. The van der Waals surface area contributed by atoms with E-state index in [4.69, 9.17) is 9.47 Å². The van der Waals surface area contributed by atoms with Crippen molar-refractivity contribution in [2.45, 2.75) is 45.1 Å². The second-order valence-electron chi connectivity index (χ2n) is 6.38. The highest BCUT2D eigenvalue weighted by Gasteiger charge is 2.51. The van der Waals surface area contributed by atoms with E-state index in [1.165, 1.54) is 11.3 Å². The van der Waals surface area contributed by atoms with Crippen LogP contribution in [0.5, 0.6) is 0 Å². The fourth-order valence-electron chi connectivity index (χ4n) is 3.86. The number of carbonyl (C=O) groups is 2. The SMILES string of the molecule is CC[N+]1=C2C=C(OC)C(OC)=CC2C(=O)N(C2CCCCC2)C1=O. The van der Waals surface area contributed by atoms with E-state index in [2.05, 4.69) is 0 Å². The first-order valence-electron chi connectivity index (χ1n) is 8.65. The molecule has 0 spiro atoms. The number of hydrogen-bond donors (Lipinski definition) is 0. The topological polar surface area (TPSA) is 58.9 Å². The summed E-state index contributed by atoms with van der Waals surface area (Å²) in [6.07, 6.45) is 8.64. The molecular formula is C18H25N2O4+. The molecule has 0 radical (unpaired) electrons. The molecule has 2 aliphatic carbocycles. The summed E-state index contributed by atoms with van der Waals surface area (Å²) in [6.45, 7) is 2.44. The van der Waals surface area contributed by atoms with Gasteiger partial charge in [0, 0.05) is 6.08 Å². The Balaban J connectivity index is 2.05. The average molecular weight is 333 g/mol.